The summed E-state index contributed by atoms with van der Waals surface area (Å²) in [6.45, 7) is 1.82. The molecule has 23 heavy (non-hydrogen) atoms. The Labute approximate surface area is 132 Å². The second-order valence-corrected chi connectivity index (χ2v) is 4.47. The van der Waals surface area contributed by atoms with Gasteiger partial charge in [-0.25, -0.2) is 4.79 Å². The van der Waals surface area contributed by atoms with E-state index in [1.807, 2.05) is 0 Å². The van der Waals surface area contributed by atoms with Crippen molar-refractivity contribution in [2.75, 3.05) is 6.61 Å². The number of nitro benzene ring substituents is 1. The lowest BCUT2D eigenvalue weighted by molar-refractivity contribution is -0.384. The molecular formula is C16H13N3O4. The van der Waals surface area contributed by atoms with Crippen LogP contribution in [0.1, 0.15) is 12.6 Å². The van der Waals surface area contributed by atoms with Gasteiger partial charge >= 0.3 is 5.97 Å². The minimum absolute atomic E-state index is 0.0444. The minimum Gasteiger partial charge on any atom is -0.462 e. The highest BCUT2D eigenvalue weighted by molar-refractivity contribution is 5.97. The van der Waals surface area contributed by atoms with E-state index >= 15 is 0 Å². The van der Waals surface area contributed by atoms with Crippen LogP contribution in [0.15, 0.2) is 48.2 Å². The third-order valence-corrected chi connectivity index (χ3v) is 3.01. The summed E-state index contributed by atoms with van der Waals surface area (Å²) in [5, 5.41) is 20.0. The van der Waals surface area contributed by atoms with E-state index in [-0.39, 0.29) is 17.9 Å². The molecule has 0 aliphatic rings. The van der Waals surface area contributed by atoms with E-state index in [1.54, 1.807) is 48.0 Å². The molecule has 0 aliphatic carbocycles. The summed E-state index contributed by atoms with van der Waals surface area (Å²) in [5.74, 6) is -0.707. The van der Waals surface area contributed by atoms with Gasteiger partial charge < -0.3 is 9.30 Å². The normalized spacial score (nSPS) is 10.9. The van der Waals surface area contributed by atoms with Crippen molar-refractivity contribution in [1.29, 1.82) is 5.26 Å². The summed E-state index contributed by atoms with van der Waals surface area (Å²) < 4.78 is 6.45. The molecule has 7 nitrogen and oxygen atoms in total. The Morgan fingerprint density at radius 1 is 1.43 bits per heavy atom. The van der Waals surface area contributed by atoms with Gasteiger partial charge in [0.15, 0.2) is 0 Å². The monoisotopic (exact) mass is 311 g/mol. The van der Waals surface area contributed by atoms with Crippen molar-refractivity contribution in [3.8, 4) is 11.8 Å². The van der Waals surface area contributed by atoms with Gasteiger partial charge in [0, 0.05) is 24.0 Å². The molecule has 0 saturated heterocycles. The molecule has 2 aromatic rings. The van der Waals surface area contributed by atoms with Crippen molar-refractivity contribution >= 4 is 17.7 Å². The summed E-state index contributed by atoms with van der Waals surface area (Å²) in [5.41, 5.74) is 0.904. The molecule has 1 heterocycles. The fraction of sp³-hybridized carbons (Fsp3) is 0.125. The fourth-order valence-electron chi connectivity index (χ4n) is 2.00. The number of carbonyl (C=O) groups excluding carboxylic acids is 1. The fourth-order valence-corrected chi connectivity index (χ4v) is 2.00. The first-order valence-corrected chi connectivity index (χ1v) is 6.78. The van der Waals surface area contributed by atoms with Gasteiger partial charge in [-0.3, -0.25) is 10.1 Å². The molecule has 0 aliphatic heterocycles. The Morgan fingerprint density at radius 3 is 2.87 bits per heavy atom. The molecule has 0 amide bonds. The first-order valence-electron chi connectivity index (χ1n) is 6.78. The number of nitro groups is 1. The maximum absolute atomic E-state index is 11.7. The number of esters is 1. The molecule has 0 bridgehead atoms. The number of hydrogen-bond acceptors (Lipinski definition) is 5. The number of benzene rings is 1. The van der Waals surface area contributed by atoms with Crippen molar-refractivity contribution < 1.29 is 14.5 Å². The van der Waals surface area contributed by atoms with Crippen LogP contribution in [-0.4, -0.2) is 22.1 Å². The number of nitriles is 1. The molecule has 0 saturated carbocycles. The molecule has 0 atom stereocenters. The van der Waals surface area contributed by atoms with Gasteiger partial charge in [0.1, 0.15) is 11.6 Å². The topological polar surface area (TPSA) is 98.2 Å². The third kappa shape index (κ3) is 3.63. The Hall–Kier alpha value is -3.40. The van der Waals surface area contributed by atoms with E-state index in [9.17, 15) is 14.9 Å². The van der Waals surface area contributed by atoms with Crippen LogP contribution >= 0.6 is 0 Å². The molecular weight excluding hydrogens is 298 g/mol. The molecule has 0 radical (unpaired) electrons. The van der Waals surface area contributed by atoms with E-state index < -0.39 is 10.9 Å². The number of ether oxygens (including phenoxy) is 1. The number of rotatable bonds is 5. The lowest BCUT2D eigenvalue weighted by Crippen LogP contribution is -2.06. The number of nitrogens with zero attached hydrogens (tertiary/aromatic N) is 3. The summed E-state index contributed by atoms with van der Waals surface area (Å²) in [6.07, 6.45) is 3.07. The first-order chi connectivity index (χ1) is 11.1. The molecule has 0 spiro atoms. The molecule has 2 rings (SSSR count). The molecule has 0 fully saturated rings. The van der Waals surface area contributed by atoms with Crippen LogP contribution < -0.4 is 0 Å². The molecule has 1 aromatic carbocycles. The standard InChI is InChI=1S/C16H13N3O4/c1-2-23-16(20)12(11-17)9-13-7-4-8-18(13)14-5-3-6-15(10-14)19(21)22/h3-10H,2H2,1H3/b12-9+. The minimum atomic E-state index is -0.707. The van der Waals surface area contributed by atoms with E-state index in [2.05, 4.69) is 0 Å². The van der Waals surface area contributed by atoms with E-state index in [4.69, 9.17) is 10.00 Å². The lowest BCUT2D eigenvalue weighted by atomic mass is 10.2. The summed E-state index contributed by atoms with van der Waals surface area (Å²) in [7, 11) is 0. The average molecular weight is 311 g/mol. The van der Waals surface area contributed by atoms with Crippen molar-refractivity contribution in [2.45, 2.75) is 6.92 Å². The van der Waals surface area contributed by atoms with Crippen LogP contribution in [0.3, 0.4) is 0 Å². The third-order valence-electron chi connectivity index (χ3n) is 3.01. The van der Waals surface area contributed by atoms with Crippen LogP contribution in [0, 0.1) is 21.4 Å². The summed E-state index contributed by atoms with van der Waals surface area (Å²) in [4.78, 5) is 22.1. The first kappa shape index (κ1) is 16.0. The van der Waals surface area contributed by atoms with Gasteiger partial charge in [0.25, 0.3) is 5.69 Å². The average Bonchev–Trinajstić information content (AvgIpc) is 3.01. The quantitative estimate of drug-likeness (QED) is 0.278. The Kier molecular flexibility index (Phi) is 4.89. The largest absolute Gasteiger partial charge is 0.462 e. The second-order valence-electron chi connectivity index (χ2n) is 4.47. The van der Waals surface area contributed by atoms with Gasteiger partial charge in [-0.2, -0.15) is 5.26 Å². The SMILES string of the molecule is CCOC(=O)/C(C#N)=C/c1cccn1-c1cccc([N+](=O)[O-])c1. The molecule has 0 N–H and O–H groups in total. The van der Waals surface area contributed by atoms with Crippen LogP contribution in [0.2, 0.25) is 0 Å². The van der Waals surface area contributed by atoms with Gasteiger partial charge in [0.05, 0.1) is 17.2 Å². The highest BCUT2D eigenvalue weighted by atomic mass is 16.6. The van der Waals surface area contributed by atoms with Crippen LogP contribution in [0.4, 0.5) is 5.69 Å². The molecule has 1 aromatic heterocycles. The van der Waals surface area contributed by atoms with E-state index in [1.165, 1.54) is 18.2 Å². The zero-order valence-corrected chi connectivity index (χ0v) is 12.3. The van der Waals surface area contributed by atoms with Crippen LogP contribution in [0.25, 0.3) is 11.8 Å². The van der Waals surface area contributed by atoms with Crippen molar-refractivity contribution in [3.63, 3.8) is 0 Å². The van der Waals surface area contributed by atoms with Gasteiger partial charge in [-0.1, -0.05) is 6.07 Å². The van der Waals surface area contributed by atoms with Crippen molar-refractivity contribution in [2.24, 2.45) is 0 Å². The van der Waals surface area contributed by atoms with Crippen LogP contribution in [0.5, 0.6) is 0 Å². The number of non-ortho nitro benzene ring substituents is 1. The Balaban J connectivity index is 2.44. The highest BCUT2D eigenvalue weighted by Crippen LogP contribution is 2.20. The van der Waals surface area contributed by atoms with Gasteiger partial charge in [-0.15, -0.1) is 0 Å². The maximum atomic E-state index is 11.7. The highest BCUT2D eigenvalue weighted by Gasteiger charge is 2.12. The van der Waals surface area contributed by atoms with Gasteiger partial charge in [0.2, 0.25) is 0 Å². The van der Waals surface area contributed by atoms with E-state index in [0.29, 0.717) is 11.4 Å². The maximum Gasteiger partial charge on any atom is 0.348 e. The predicted molar refractivity (Wildman–Crippen MR) is 82.6 cm³/mol. The second kappa shape index (κ2) is 7.04. The molecule has 116 valence electrons. The zero-order valence-electron chi connectivity index (χ0n) is 12.3. The predicted octanol–water partition coefficient (Wildman–Crippen LogP) is 2.86. The summed E-state index contributed by atoms with van der Waals surface area (Å²) >= 11 is 0. The number of carbonyl (C=O) groups is 1. The summed E-state index contributed by atoms with van der Waals surface area (Å²) in [6, 6.07) is 11.3. The number of hydrogen-bond donors (Lipinski definition) is 0. The van der Waals surface area contributed by atoms with Gasteiger partial charge in [-0.05, 0) is 31.2 Å². The van der Waals surface area contributed by atoms with Crippen LogP contribution in [-0.2, 0) is 9.53 Å². The smallest absolute Gasteiger partial charge is 0.348 e. The Morgan fingerprint density at radius 2 is 2.22 bits per heavy atom. The number of aromatic nitrogens is 1. The molecule has 7 heteroatoms. The Bertz CT molecular complexity index is 815. The lowest BCUT2D eigenvalue weighted by Gasteiger charge is -2.07. The van der Waals surface area contributed by atoms with E-state index in [0.717, 1.165) is 0 Å². The van der Waals surface area contributed by atoms with Crippen molar-refractivity contribution in [3.05, 3.63) is 64.0 Å². The van der Waals surface area contributed by atoms with Crippen molar-refractivity contribution in [1.82, 2.24) is 4.57 Å². The molecule has 0 unspecified atom stereocenters. The zero-order chi connectivity index (χ0) is 16.8.